The van der Waals surface area contributed by atoms with Gasteiger partial charge in [-0.05, 0) is 32.6 Å². The van der Waals surface area contributed by atoms with Crippen molar-refractivity contribution in [3.63, 3.8) is 0 Å². The molecule has 136 valence electrons. The first-order chi connectivity index (χ1) is 12.1. The first-order valence-corrected chi connectivity index (χ1v) is 9.29. The molecule has 25 heavy (non-hydrogen) atoms. The van der Waals surface area contributed by atoms with Crippen LogP contribution in [0.15, 0.2) is 4.42 Å². The summed E-state index contributed by atoms with van der Waals surface area (Å²) < 4.78 is 5.65. The summed E-state index contributed by atoms with van der Waals surface area (Å²) in [7, 11) is 0. The van der Waals surface area contributed by atoms with Crippen molar-refractivity contribution in [2.24, 2.45) is 0 Å². The third-order valence-electron chi connectivity index (χ3n) is 5.07. The smallest absolute Gasteiger partial charge is 0.287 e. The standard InChI is InChI=1S/C19H26N2O4/c1-13-17-14(22)7-5-8-15(17)25-18(13)19(24)20-10-6-12-21-11-4-2-3-9-16(21)23/h2-12H2,1H3,(H,20,24). The number of carbonyl (C=O) groups is 3. The molecule has 1 aromatic heterocycles. The van der Waals surface area contributed by atoms with Crippen LogP contribution in [0.25, 0.3) is 0 Å². The first-order valence-electron chi connectivity index (χ1n) is 9.29. The molecule has 0 unspecified atom stereocenters. The second-order valence-corrected chi connectivity index (χ2v) is 6.93. The van der Waals surface area contributed by atoms with Gasteiger partial charge in [-0.1, -0.05) is 6.42 Å². The zero-order valence-corrected chi connectivity index (χ0v) is 14.9. The number of ketones is 1. The monoisotopic (exact) mass is 346 g/mol. The number of furan rings is 1. The van der Waals surface area contributed by atoms with Gasteiger partial charge in [-0.3, -0.25) is 14.4 Å². The van der Waals surface area contributed by atoms with Crippen molar-refractivity contribution in [1.82, 2.24) is 10.2 Å². The molecule has 2 aliphatic rings. The minimum atomic E-state index is -0.276. The third-order valence-corrected chi connectivity index (χ3v) is 5.07. The lowest BCUT2D eigenvalue weighted by Gasteiger charge is -2.20. The maximum Gasteiger partial charge on any atom is 0.287 e. The lowest BCUT2D eigenvalue weighted by Crippen LogP contribution is -2.34. The number of carbonyl (C=O) groups excluding carboxylic acids is 3. The molecule has 1 aliphatic carbocycles. The molecule has 0 bridgehead atoms. The quantitative estimate of drug-likeness (QED) is 0.831. The predicted molar refractivity (Wildman–Crippen MR) is 92.7 cm³/mol. The molecule has 3 rings (SSSR count). The molecule has 0 atom stereocenters. The Hall–Kier alpha value is -2.11. The van der Waals surface area contributed by atoms with E-state index in [1.165, 1.54) is 0 Å². The van der Waals surface area contributed by atoms with Crippen molar-refractivity contribution in [2.45, 2.75) is 58.3 Å². The third kappa shape index (κ3) is 3.94. The first kappa shape index (κ1) is 17.7. The molecule has 1 fully saturated rings. The van der Waals surface area contributed by atoms with Gasteiger partial charge in [-0.25, -0.2) is 0 Å². The summed E-state index contributed by atoms with van der Waals surface area (Å²) in [6.45, 7) is 3.75. The number of rotatable bonds is 5. The van der Waals surface area contributed by atoms with Gasteiger partial charge in [0.15, 0.2) is 11.5 Å². The second-order valence-electron chi connectivity index (χ2n) is 6.93. The fourth-order valence-corrected chi connectivity index (χ4v) is 3.69. The number of aryl methyl sites for hydroxylation is 1. The van der Waals surface area contributed by atoms with Gasteiger partial charge in [0.05, 0.1) is 5.56 Å². The van der Waals surface area contributed by atoms with Crippen LogP contribution in [-0.4, -0.2) is 42.1 Å². The molecule has 1 N–H and O–H groups in total. The number of nitrogens with zero attached hydrogens (tertiary/aromatic N) is 1. The topological polar surface area (TPSA) is 79.6 Å². The number of fused-ring (bicyclic) bond motifs is 1. The Morgan fingerprint density at radius 3 is 2.76 bits per heavy atom. The van der Waals surface area contributed by atoms with Crippen LogP contribution >= 0.6 is 0 Å². The Morgan fingerprint density at radius 2 is 1.96 bits per heavy atom. The van der Waals surface area contributed by atoms with Gasteiger partial charge in [0.25, 0.3) is 5.91 Å². The van der Waals surface area contributed by atoms with Gasteiger partial charge in [-0.2, -0.15) is 0 Å². The Balaban J connectivity index is 1.51. The maximum absolute atomic E-state index is 12.4. The normalized spacial score (nSPS) is 18.0. The maximum atomic E-state index is 12.4. The van der Waals surface area contributed by atoms with E-state index in [4.69, 9.17) is 4.42 Å². The number of hydrogen-bond donors (Lipinski definition) is 1. The van der Waals surface area contributed by atoms with Crippen LogP contribution in [0.2, 0.25) is 0 Å². The summed E-state index contributed by atoms with van der Waals surface area (Å²) in [5.74, 6) is 0.917. The van der Waals surface area contributed by atoms with Gasteiger partial charge in [0.1, 0.15) is 5.76 Å². The van der Waals surface area contributed by atoms with E-state index >= 15 is 0 Å². The summed E-state index contributed by atoms with van der Waals surface area (Å²) in [6.07, 6.45) is 6.53. The average Bonchev–Trinajstić information content (AvgIpc) is 2.80. The number of Topliss-reactive ketones (excluding diaryl/α,β-unsaturated/α-hetero) is 1. The van der Waals surface area contributed by atoms with E-state index in [9.17, 15) is 14.4 Å². The van der Waals surface area contributed by atoms with E-state index < -0.39 is 0 Å². The van der Waals surface area contributed by atoms with Crippen LogP contribution in [0.1, 0.15) is 77.2 Å². The van der Waals surface area contributed by atoms with E-state index in [1.54, 1.807) is 6.92 Å². The Kier molecular flexibility index (Phi) is 5.56. The highest BCUT2D eigenvalue weighted by molar-refractivity contribution is 6.03. The van der Waals surface area contributed by atoms with Crippen molar-refractivity contribution in [3.05, 3.63) is 22.6 Å². The van der Waals surface area contributed by atoms with Crippen LogP contribution in [0.4, 0.5) is 0 Å². The van der Waals surface area contributed by atoms with Gasteiger partial charge in [0, 0.05) is 44.5 Å². The summed E-state index contributed by atoms with van der Waals surface area (Å²) in [6, 6.07) is 0. The summed E-state index contributed by atoms with van der Waals surface area (Å²) in [5, 5.41) is 2.85. The van der Waals surface area contributed by atoms with Gasteiger partial charge in [-0.15, -0.1) is 0 Å². The van der Waals surface area contributed by atoms with Crippen molar-refractivity contribution < 1.29 is 18.8 Å². The van der Waals surface area contributed by atoms with E-state index in [-0.39, 0.29) is 23.4 Å². The van der Waals surface area contributed by atoms with Gasteiger partial charge in [0.2, 0.25) is 5.91 Å². The van der Waals surface area contributed by atoms with Crippen molar-refractivity contribution in [2.75, 3.05) is 19.6 Å². The summed E-state index contributed by atoms with van der Waals surface area (Å²) in [4.78, 5) is 38.2. The number of likely N-dealkylation sites (tertiary alicyclic amines) is 1. The lowest BCUT2D eigenvalue weighted by molar-refractivity contribution is -0.130. The molecule has 0 radical (unpaired) electrons. The van der Waals surface area contributed by atoms with Crippen LogP contribution in [-0.2, 0) is 11.2 Å². The fourth-order valence-electron chi connectivity index (χ4n) is 3.69. The van der Waals surface area contributed by atoms with Crippen LogP contribution in [0.5, 0.6) is 0 Å². The highest BCUT2D eigenvalue weighted by Crippen LogP contribution is 2.29. The fraction of sp³-hybridized carbons (Fsp3) is 0.632. The molecule has 2 heterocycles. The molecular weight excluding hydrogens is 320 g/mol. The highest BCUT2D eigenvalue weighted by atomic mass is 16.4. The van der Waals surface area contributed by atoms with E-state index in [0.717, 1.165) is 38.6 Å². The highest BCUT2D eigenvalue weighted by Gasteiger charge is 2.28. The van der Waals surface area contributed by atoms with E-state index in [0.29, 0.717) is 49.2 Å². The predicted octanol–water partition coefficient (Wildman–Crippen LogP) is 2.63. The largest absolute Gasteiger partial charge is 0.455 e. The number of nitrogens with one attached hydrogen (secondary N) is 1. The van der Waals surface area contributed by atoms with Crippen molar-refractivity contribution >= 4 is 17.6 Å². The molecule has 1 aromatic rings. The van der Waals surface area contributed by atoms with E-state index in [1.807, 2.05) is 4.90 Å². The van der Waals surface area contributed by atoms with E-state index in [2.05, 4.69) is 5.32 Å². The molecule has 6 nitrogen and oxygen atoms in total. The molecule has 1 aliphatic heterocycles. The van der Waals surface area contributed by atoms with Crippen LogP contribution < -0.4 is 5.32 Å². The Labute approximate surface area is 147 Å². The van der Waals surface area contributed by atoms with Crippen LogP contribution in [0.3, 0.4) is 0 Å². The molecule has 0 saturated carbocycles. The average molecular weight is 346 g/mol. The van der Waals surface area contributed by atoms with Crippen molar-refractivity contribution in [3.8, 4) is 0 Å². The Bertz CT molecular complexity index is 677. The van der Waals surface area contributed by atoms with Crippen molar-refractivity contribution in [1.29, 1.82) is 0 Å². The minimum Gasteiger partial charge on any atom is -0.455 e. The van der Waals surface area contributed by atoms with Gasteiger partial charge >= 0.3 is 0 Å². The molecule has 2 amide bonds. The molecule has 0 spiro atoms. The lowest BCUT2D eigenvalue weighted by atomic mass is 9.94. The molecule has 6 heteroatoms. The minimum absolute atomic E-state index is 0.0706. The zero-order chi connectivity index (χ0) is 17.8. The van der Waals surface area contributed by atoms with Crippen LogP contribution in [0, 0.1) is 6.92 Å². The second kappa shape index (κ2) is 7.85. The molecular formula is C19H26N2O4. The number of hydrogen-bond acceptors (Lipinski definition) is 4. The SMILES string of the molecule is Cc1c(C(=O)NCCCN2CCCCCC2=O)oc2c1C(=O)CCC2. The Morgan fingerprint density at radius 1 is 1.12 bits per heavy atom. The summed E-state index contributed by atoms with van der Waals surface area (Å²) >= 11 is 0. The number of amides is 2. The molecule has 0 aromatic carbocycles. The molecule has 1 saturated heterocycles. The zero-order valence-electron chi connectivity index (χ0n) is 14.9. The van der Waals surface area contributed by atoms with Gasteiger partial charge < -0.3 is 14.6 Å². The summed E-state index contributed by atoms with van der Waals surface area (Å²) in [5.41, 5.74) is 1.26.